The first-order valence-corrected chi connectivity index (χ1v) is 5.83. The van der Waals surface area contributed by atoms with Gasteiger partial charge in [0.1, 0.15) is 0 Å². The second-order valence-electron chi connectivity index (χ2n) is 3.90. The van der Waals surface area contributed by atoms with Crippen molar-refractivity contribution in [2.24, 2.45) is 0 Å². The quantitative estimate of drug-likeness (QED) is 0.617. The van der Waals surface area contributed by atoms with E-state index >= 15 is 0 Å². The van der Waals surface area contributed by atoms with E-state index in [1.54, 1.807) is 12.1 Å². The Balaban J connectivity index is 2.87. The lowest BCUT2D eigenvalue weighted by Gasteiger charge is -2.16. The van der Waals surface area contributed by atoms with Crippen molar-refractivity contribution in [2.45, 2.75) is 32.2 Å². The summed E-state index contributed by atoms with van der Waals surface area (Å²) in [7, 11) is 5.49. The van der Waals surface area contributed by atoms with E-state index < -0.39 is 11.9 Å². The number of benzene rings is 1. The van der Waals surface area contributed by atoms with E-state index in [-0.39, 0.29) is 23.6 Å². The lowest BCUT2D eigenvalue weighted by Crippen LogP contribution is -2.19. The molecule has 1 rings (SSSR count). The van der Waals surface area contributed by atoms with Gasteiger partial charge in [-0.2, -0.15) is 0 Å². The highest BCUT2D eigenvalue weighted by Crippen LogP contribution is 2.14. The van der Waals surface area contributed by atoms with Gasteiger partial charge < -0.3 is 9.84 Å². The Kier molecular flexibility index (Phi) is 5.43. The maximum atomic E-state index is 11.9. The minimum Gasteiger partial charge on any atom is -0.478 e. The van der Waals surface area contributed by atoms with Crippen LogP contribution in [0.4, 0.5) is 0 Å². The van der Waals surface area contributed by atoms with Crippen molar-refractivity contribution in [1.82, 2.24) is 0 Å². The number of carboxylic acids is 1. The third kappa shape index (κ3) is 3.62. The highest BCUT2D eigenvalue weighted by atomic mass is 16.5. The van der Waals surface area contributed by atoms with Gasteiger partial charge in [-0.3, -0.25) is 0 Å². The smallest absolute Gasteiger partial charge is 0.339 e. The van der Waals surface area contributed by atoms with Gasteiger partial charge in [0.05, 0.1) is 25.1 Å². The number of carboxylic acid groups (broad SMARTS) is 1. The number of aromatic carboxylic acids is 1. The van der Waals surface area contributed by atoms with Crippen LogP contribution in [0.1, 0.15) is 40.5 Å². The molecule has 0 bridgehead atoms. The summed E-state index contributed by atoms with van der Waals surface area (Å²) in [5, 5.41) is 8.98. The van der Waals surface area contributed by atoms with Gasteiger partial charge in [-0.15, -0.1) is 0 Å². The van der Waals surface area contributed by atoms with Crippen molar-refractivity contribution in [3.63, 3.8) is 0 Å². The standard InChI is InChI=1S/C13H15BO4/c1-2-5-9(8-14)18-13(17)11-7-4-3-6-10(11)12(15)16/h3-4,6-7,9H,2,5,8H2,1H3,(H,15,16). The molecule has 1 N–H and O–H groups in total. The molecule has 0 fully saturated rings. The first-order valence-electron chi connectivity index (χ1n) is 5.83. The van der Waals surface area contributed by atoms with E-state index in [2.05, 4.69) is 0 Å². The van der Waals surface area contributed by atoms with Gasteiger partial charge in [-0.25, -0.2) is 9.59 Å². The summed E-state index contributed by atoms with van der Waals surface area (Å²) < 4.78 is 5.19. The Morgan fingerprint density at radius 2 is 1.94 bits per heavy atom. The monoisotopic (exact) mass is 246 g/mol. The minimum absolute atomic E-state index is 0.0551. The SMILES string of the molecule is [B]CC(CCC)OC(=O)c1ccccc1C(=O)O. The van der Waals surface area contributed by atoms with Gasteiger partial charge in [0.15, 0.2) is 0 Å². The van der Waals surface area contributed by atoms with Crippen LogP contribution < -0.4 is 0 Å². The number of hydrogen-bond donors (Lipinski definition) is 1. The second kappa shape index (κ2) is 6.84. The minimum atomic E-state index is -1.15. The summed E-state index contributed by atoms with van der Waals surface area (Å²) in [5.41, 5.74) is -0.00526. The Labute approximate surface area is 107 Å². The molecule has 1 aromatic rings. The van der Waals surface area contributed by atoms with Crippen LogP contribution in [0.15, 0.2) is 24.3 Å². The summed E-state index contributed by atoms with van der Waals surface area (Å²) in [5.74, 6) is -1.79. The number of carbonyl (C=O) groups is 2. The van der Waals surface area contributed by atoms with Crippen molar-refractivity contribution in [3.05, 3.63) is 35.4 Å². The van der Waals surface area contributed by atoms with Crippen molar-refractivity contribution in [3.8, 4) is 0 Å². The third-order valence-corrected chi connectivity index (χ3v) is 2.52. The Morgan fingerprint density at radius 3 is 2.44 bits per heavy atom. The van der Waals surface area contributed by atoms with E-state index in [4.69, 9.17) is 17.7 Å². The summed E-state index contributed by atoms with van der Waals surface area (Å²) >= 11 is 0. The molecule has 0 spiro atoms. The third-order valence-electron chi connectivity index (χ3n) is 2.52. The Morgan fingerprint density at radius 1 is 1.33 bits per heavy atom. The summed E-state index contributed by atoms with van der Waals surface area (Å²) in [6.07, 6.45) is 1.37. The van der Waals surface area contributed by atoms with E-state index in [9.17, 15) is 9.59 Å². The molecule has 5 heteroatoms. The Bertz CT molecular complexity index is 431. The van der Waals surface area contributed by atoms with E-state index in [0.29, 0.717) is 6.42 Å². The summed E-state index contributed by atoms with van der Waals surface area (Å²) in [6.45, 7) is 1.96. The summed E-state index contributed by atoms with van der Waals surface area (Å²) in [4.78, 5) is 22.8. The van der Waals surface area contributed by atoms with Gasteiger partial charge in [0.25, 0.3) is 0 Å². The van der Waals surface area contributed by atoms with Gasteiger partial charge in [0, 0.05) is 0 Å². The molecule has 0 saturated carbocycles. The van der Waals surface area contributed by atoms with Crippen LogP contribution in [0, 0.1) is 0 Å². The molecule has 2 radical (unpaired) electrons. The van der Waals surface area contributed by atoms with Gasteiger partial charge in [-0.05, 0) is 18.6 Å². The zero-order valence-electron chi connectivity index (χ0n) is 10.3. The normalized spacial score (nSPS) is 11.8. The predicted molar refractivity (Wildman–Crippen MR) is 68.1 cm³/mol. The predicted octanol–water partition coefficient (Wildman–Crippen LogP) is 2.30. The topological polar surface area (TPSA) is 63.6 Å². The van der Waals surface area contributed by atoms with E-state index in [1.165, 1.54) is 12.1 Å². The lowest BCUT2D eigenvalue weighted by molar-refractivity contribution is 0.0318. The number of hydrogen-bond acceptors (Lipinski definition) is 3. The van der Waals surface area contributed by atoms with Crippen LogP contribution in [-0.4, -0.2) is 31.0 Å². The van der Waals surface area contributed by atoms with Crippen molar-refractivity contribution >= 4 is 19.8 Å². The Hall–Kier alpha value is -1.78. The maximum Gasteiger partial charge on any atom is 0.339 e. The molecule has 0 aliphatic rings. The molecule has 94 valence electrons. The van der Waals surface area contributed by atoms with Crippen molar-refractivity contribution in [2.75, 3.05) is 0 Å². The van der Waals surface area contributed by atoms with E-state index in [0.717, 1.165) is 6.42 Å². The second-order valence-corrected chi connectivity index (χ2v) is 3.90. The van der Waals surface area contributed by atoms with Crippen LogP contribution in [0.25, 0.3) is 0 Å². The van der Waals surface area contributed by atoms with Crippen molar-refractivity contribution in [1.29, 1.82) is 0 Å². The fraction of sp³-hybridized carbons (Fsp3) is 0.385. The van der Waals surface area contributed by atoms with Crippen LogP contribution in [-0.2, 0) is 4.74 Å². The average molecular weight is 246 g/mol. The molecule has 0 saturated heterocycles. The van der Waals surface area contributed by atoms with Crippen LogP contribution in [0.5, 0.6) is 0 Å². The number of esters is 1. The highest BCUT2D eigenvalue weighted by molar-refractivity contribution is 6.09. The average Bonchev–Trinajstić information content (AvgIpc) is 2.38. The fourth-order valence-electron chi connectivity index (χ4n) is 1.61. The van der Waals surface area contributed by atoms with Crippen LogP contribution in [0.2, 0.25) is 6.32 Å². The molecule has 1 aromatic carbocycles. The molecule has 0 aliphatic heterocycles. The number of ether oxygens (including phenoxy) is 1. The van der Waals surface area contributed by atoms with Crippen molar-refractivity contribution < 1.29 is 19.4 Å². The molecular weight excluding hydrogens is 231 g/mol. The molecule has 4 nitrogen and oxygen atoms in total. The number of rotatable bonds is 6. The first-order chi connectivity index (χ1) is 8.60. The largest absolute Gasteiger partial charge is 0.478 e. The fourth-order valence-corrected chi connectivity index (χ4v) is 1.61. The highest BCUT2D eigenvalue weighted by Gasteiger charge is 2.19. The van der Waals surface area contributed by atoms with Crippen LogP contribution >= 0.6 is 0 Å². The maximum absolute atomic E-state index is 11.9. The summed E-state index contributed by atoms with van der Waals surface area (Å²) in [6, 6.07) is 5.97. The molecule has 0 aromatic heterocycles. The molecule has 0 aliphatic carbocycles. The number of carbonyl (C=O) groups excluding carboxylic acids is 1. The molecule has 0 amide bonds. The zero-order chi connectivity index (χ0) is 13.5. The van der Waals surface area contributed by atoms with Gasteiger partial charge in [0.2, 0.25) is 0 Å². The van der Waals surface area contributed by atoms with Gasteiger partial charge in [-0.1, -0.05) is 31.8 Å². The van der Waals surface area contributed by atoms with E-state index in [1.807, 2.05) is 6.92 Å². The lowest BCUT2D eigenvalue weighted by atomic mass is 9.96. The molecule has 1 unspecified atom stereocenters. The first kappa shape index (κ1) is 14.3. The van der Waals surface area contributed by atoms with Gasteiger partial charge >= 0.3 is 11.9 Å². The van der Waals surface area contributed by atoms with Crippen LogP contribution in [0.3, 0.4) is 0 Å². The molecule has 0 heterocycles. The molecule has 1 atom stereocenters. The molecular formula is C13H15BO4. The molecule has 18 heavy (non-hydrogen) atoms. The zero-order valence-corrected chi connectivity index (χ0v) is 10.3.